The second-order valence-corrected chi connectivity index (χ2v) is 10.6. The summed E-state index contributed by atoms with van der Waals surface area (Å²) in [5.41, 5.74) is -0.327. The second kappa shape index (κ2) is 10.5. The molecule has 0 saturated carbocycles. The summed E-state index contributed by atoms with van der Waals surface area (Å²) in [5.74, 6) is 0.442. The number of anilines is 2. The summed E-state index contributed by atoms with van der Waals surface area (Å²) < 4.78 is 47.9. The van der Waals surface area contributed by atoms with E-state index in [1.165, 1.54) is 12.5 Å². The third-order valence-corrected chi connectivity index (χ3v) is 7.34. The van der Waals surface area contributed by atoms with Gasteiger partial charge in [0.15, 0.2) is 0 Å². The van der Waals surface area contributed by atoms with Crippen molar-refractivity contribution in [2.24, 2.45) is 0 Å². The number of pyridine rings is 1. The highest BCUT2D eigenvalue weighted by atomic mass is 19.3. The fourth-order valence-electron chi connectivity index (χ4n) is 5.23. The number of hydrogen-bond acceptors (Lipinski definition) is 8. The molecule has 12 heteroatoms. The van der Waals surface area contributed by atoms with Gasteiger partial charge in [0, 0.05) is 42.2 Å². The molecular weight excluding hydrogens is 511 g/mol. The number of halogens is 3. The molecule has 1 aromatic carbocycles. The van der Waals surface area contributed by atoms with Crippen molar-refractivity contribution < 1.29 is 22.7 Å². The van der Waals surface area contributed by atoms with Gasteiger partial charge in [0.25, 0.3) is 6.43 Å². The first kappa shape index (κ1) is 26.9. The smallest absolute Gasteiger partial charge is 0.410 e. The third-order valence-electron chi connectivity index (χ3n) is 7.34. The molecule has 0 spiro atoms. The Balaban J connectivity index is 1.46. The molecule has 2 unspecified atom stereocenters. The van der Waals surface area contributed by atoms with Crippen LogP contribution in [0.25, 0.3) is 10.9 Å². The molecule has 0 aliphatic carbocycles. The van der Waals surface area contributed by atoms with Crippen LogP contribution in [-0.4, -0.2) is 64.2 Å². The molecule has 2 bridgehead atoms. The standard InChI is InChI=1S/C27H32F3N7O2/c1-13(2)32-27(38)39-18-7-19(24(28)21(8-18)25(29)30)14(3)33-26-20-9-23(31-10-22(20)34-15(4)35-26)37-11-16-6-17(12-37)36(16)5/h7-10,13-14,16-17,25H,6,11-12H2,1-5H3,(H,32,38)(H,33,34,35)/t14-,16?,17?/m1/s1. The largest absolute Gasteiger partial charge is 0.412 e. The van der Waals surface area contributed by atoms with Gasteiger partial charge in [0.05, 0.1) is 23.3 Å². The molecule has 9 nitrogen and oxygen atoms in total. The van der Waals surface area contributed by atoms with E-state index in [-0.39, 0.29) is 17.4 Å². The van der Waals surface area contributed by atoms with Crippen LogP contribution in [0, 0.1) is 12.7 Å². The molecule has 6 rings (SSSR count). The number of ether oxygens (including phenoxy) is 1. The van der Waals surface area contributed by atoms with Gasteiger partial charge in [-0.3, -0.25) is 4.90 Å². The lowest BCUT2D eigenvalue weighted by atomic mass is 9.88. The van der Waals surface area contributed by atoms with Crippen LogP contribution in [0.15, 0.2) is 24.4 Å². The Kier molecular flexibility index (Phi) is 7.23. The van der Waals surface area contributed by atoms with Crippen LogP contribution >= 0.6 is 0 Å². The van der Waals surface area contributed by atoms with Gasteiger partial charge < -0.3 is 20.3 Å². The SMILES string of the molecule is Cc1nc(N[C@H](C)c2cc(OC(=O)NC(C)C)cc(C(F)F)c2F)c2cc(N3CC4CC(C3)N4C)ncc2n1. The molecule has 2 aromatic heterocycles. The number of hydrogen-bond donors (Lipinski definition) is 2. The molecule has 0 radical (unpaired) electrons. The molecule has 3 fully saturated rings. The van der Waals surface area contributed by atoms with E-state index in [0.717, 1.165) is 25.0 Å². The number of fused-ring (bicyclic) bond motifs is 3. The van der Waals surface area contributed by atoms with E-state index >= 15 is 4.39 Å². The van der Waals surface area contributed by atoms with E-state index in [1.54, 1.807) is 33.9 Å². The highest BCUT2D eigenvalue weighted by Gasteiger charge is 2.42. The average Bonchev–Trinajstić information content (AvgIpc) is 2.88. The third kappa shape index (κ3) is 5.42. The minimum atomic E-state index is -3.10. The summed E-state index contributed by atoms with van der Waals surface area (Å²) in [5, 5.41) is 6.38. The minimum absolute atomic E-state index is 0.0852. The van der Waals surface area contributed by atoms with Crippen molar-refractivity contribution >= 4 is 28.6 Å². The zero-order valence-corrected chi connectivity index (χ0v) is 22.5. The molecule has 3 aliphatic heterocycles. The lowest BCUT2D eigenvalue weighted by Gasteiger charge is -2.55. The molecule has 3 aliphatic rings. The number of benzene rings is 1. The van der Waals surface area contributed by atoms with Crippen molar-refractivity contribution in [3.63, 3.8) is 0 Å². The normalized spacial score (nSPS) is 19.8. The van der Waals surface area contributed by atoms with Crippen molar-refractivity contribution in [3.05, 3.63) is 47.2 Å². The van der Waals surface area contributed by atoms with Gasteiger partial charge in [-0.05, 0) is 59.4 Å². The van der Waals surface area contributed by atoms with Gasteiger partial charge in [-0.1, -0.05) is 0 Å². The first-order chi connectivity index (χ1) is 18.5. The number of aryl methyl sites for hydroxylation is 1. The predicted octanol–water partition coefficient (Wildman–Crippen LogP) is 4.97. The molecule has 3 atom stereocenters. The first-order valence-corrected chi connectivity index (χ1v) is 13.0. The van der Waals surface area contributed by atoms with Gasteiger partial charge in [-0.15, -0.1) is 0 Å². The summed E-state index contributed by atoms with van der Waals surface area (Å²) >= 11 is 0. The number of rotatable bonds is 7. The fourth-order valence-corrected chi connectivity index (χ4v) is 5.23. The topological polar surface area (TPSA) is 95.5 Å². The van der Waals surface area contributed by atoms with Crippen molar-refractivity contribution in [1.82, 2.24) is 25.2 Å². The number of carbonyl (C=O) groups is 1. The summed E-state index contributed by atoms with van der Waals surface area (Å²) in [6, 6.07) is 3.97. The van der Waals surface area contributed by atoms with E-state index in [1.807, 2.05) is 6.07 Å². The van der Waals surface area contributed by atoms with Crippen LogP contribution in [0.5, 0.6) is 5.75 Å². The minimum Gasteiger partial charge on any atom is -0.410 e. The number of carbonyl (C=O) groups excluding carboxylic acids is 1. The Morgan fingerprint density at radius 1 is 1.10 bits per heavy atom. The Morgan fingerprint density at radius 3 is 2.44 bits per heavy atom. The maximum atomic E-state index is 15.2. The number of alkyl halides is 2. The maximum absolute atomic E-state index is 15.2. The Morgan fingerprint density at radius 2 is 1.79 bits per heavy atom. The number of nitrogens with zero attached hydrogens (tertiary/aromatic N) is 5. The van der Waals surface area contributed by atoms with Crippen molar-refractivity contribution in [1.29, 1.82) is 0 Å². The Labute approximate surface area is 224 Å². The Hall–Kier alpha value is -3.67. The molecule has 5 heterocycles. The summed E-state index contributed by atoms with van der Waals surface area (Å²) in [7, 11) is 2.14. The van der Waals surface area contributed by atoms with Crippen molar-refractivity contribution in [2.45, 2.75) is 64.7 Å². The van der Waals surface area contributed by atoms with E-state index < -0.39 is 29.9 Å². The molecule has 3 aromatic rings. The number of piperidine rings is 1. The van der Waals surface area contributed by atoms with Crippen LogP contribution in [0.2, 0.25) is 0 Å². The number of amides is 1. The molecule has 2 N–H and O–H groups in total. The van der Waals surface area contributed by atoms with Gasteiger partial charge in [-0.25, -0.2) is 32.9 Å². The van der Waals surface area contributed by atoms with Crippen LogP contribution in [0.4, 0.5) is 29.6 Å². The van der Waals surface area contributed by atoms with E-state index in [0.29, 0.717) is 34.6 Å². The summed E-state index contributed by atoms with van der Waals surface area (Å²) in [6.45, 7) is 8.57. The Bertz CT molecular complexity index is 1390. The highest BCUT2D eigenvalue weighted by molar-refractivity contribution is 5.90. The monoisotopic (exact) mass is 543 g/mol. The number of nitrogens with one attached hydrogen (secondary N) is 2. The lowest BCUT2D eigenvalue weighted by molar-refractivity contribution is 0.0261. The second-order valence-electron chi connectivity index (χ2n) is 10.6. The molecule has 1 amide bonds. The van der Waals surface area contributed by atoms with Gasteiger partial charge in [0.1, 0.15) is 29.0 Å². The van der Waals surface area contributed by atoms with Crippen LogP contribution in [0.3, 0.4) is 0 Å². The van der Waals surface area contributed by atoms with Gasteiger partial charge in [0.2, 0.25) is 0 Å². The average molecular weight is 544 g/mol. The molecular formula is C27H32F3N7O2. The zero-order valence-electron chi connectivity index (χ0n) is 22.5. The summed E-state index contributed by atoms with van der Waals surface area (Å²) in [4.78, 5) is 30.4. The lowest BCUT2D eigenvalue weighted by Crippen LogP contribution is -2.67. The fraction of sp³-hybridized carbons (Fsp3) is 0.481. The summed E-state index contributed by atoms with van der Waals surface area (Å²) in [6.07, 6.45) is -1.04. The quantitative estimate of drug-likeness (QED) is 0.431. The van der Waals surface area contributed by atoms with E-state index in [4.69, 9.17) is 4.74 Å². The molecule has 208 valence electrons. The van der Waals surface area contributed by atoms with Crippen molar-refractivity contribution in [3.8, 4) is 5.75 Å². The predicted molar refractivity (Wildman–Crippen MR) is 142 cm³/mol. The molecule has 3 saturated heterocycles. The molecule has 39 heavy (non-hydrogen) atoms. The number of likely N-dealkylation sites (N-methyl/N-ethyl adjacent to an activating group) is 1. The van der Waals surface area contributed by atoms with Crippen LogP contribution < -0.4 is 20.3 Å². The van der Waals surface area contributed by atoms with Gasteiger partial charge in [-0.2, -0.15) is 0 Å². The van der Waals surface area contributed by atoms with Crippen molar-refractivity contribution in [2.75, 3.05) is 30.4 Å². The zero-order chi connectivity index (χ0) is 28.0. The number of aromatic nitrogens is 3. The first-order valence-electron chi connectivity index (χ1n) is 13.0. The van der Waals surface area contributed by atoms with Gasteiger partial charge >= 0.3 is 6.09 Å². The van der Waals surface area contributed by atoms with E-state index in [9.17, 15) is 13.6 Å². The van der Waals surface area contributed by atoms with Crippen LogP contribution in [0.1, 0.15) is 56.6 Å². The van der Waals surface area contributed by atoms with Crippen LogP contribution in [-0.2, 0) is 0 Å². The highest BCUT2D eigenvalue weighted by Crippen LogP contribution is 2.36. The van der Waals surface area contributed by atoms with E-state index in [2.05, 4.69) is 42.4 Å². The number of piperazine rings is 1. The maximum Gasteiger partial charge on any atom is 0.412 e.